The van der Waals surface area contributed by atoms with E-state index in [1.54, 1.807) is 0 Å². The van der Waals surface area contributed by atoms with Crippen molar-refractivity contribution in [3.05, 3.63) is 58.4 Å². The van der Waals surface area contributed by atoms with Gasteiger partial charge in [0.1, 0.15) is 11.8 Å². The number of nitrogens with zero attached hydrogens (tertiary/aromatic N) is 2. The van der Waals surface area contributed by atoms with Crippen molar-refractivity contribution < 1.29 is 0 Å². The Labute approximate surface area is 118 Å². The van der Waals surface area contributed by atoms with E-state index in [0.717, 1.165) is 16.1 Å². The first-order chi connectivity index (χ1) is 9.11. The maximum absolute atomic E-state index is 8.91. The van der Waals surface area contributed by atoms with E-state index in [-0.39, 0.29) is 6.04 Å². The van der Waals surface area contributed by atoms with Crippen molar-refractivity contribution in [1.82, 2.24) is 9.88 Å². The van der Waals surface area contributed by atoms with Crippen molar-refractivity contribution in [3.8, 4) is 6.07 Å². The lowest BCUT2D eigenvalue weighted by Gasteiger charge is -2.15. The molecule has 0 aliphatic heterocycles. The molecule has 4 heteroatoms. The fraction of sp³-hybridized carbons (Fsp3) is 0.267. The summed E-state index contributed by atoms with van der Waals surface area (Å²) in [6, 6.07) is 12.0. The summed E-state index contributed by atoms with van der Waals surface area (Å²) in [7, 11) is 1.87. The summed E-state index contributed by atoms with van der Waals surface area (Å²) in [6.45, 7) is 2.79. The predicted molar refractivity (Wildman–Crippen MR) is 76.8 cm³/mol. The first kappa shape index (κ1) is 13.7. The largest absolute Gasteiger partial charge is 0.342 e. The molecule has 1 heterocycles. The molecule has 1 N–H and O–H groups in total. The van der Waals surface area contributed by atoms with Gasteiger partial charge in [0.15, 0.2) is 0 Å². The van der Waals surface area contributed by atoms with Gasteiger partial charge in [0, 0.05) is 30.9 Å². The van der Waals surface area contributed by atoms with E-state index < -0.39 is 0 Å². The molecule has 2 rings (SSSR count). The molecule has 19 heavy (non-hydrogen) atoms. The molecule has 0 spiro atoms. The van der Waals surface area contributed by atoms with Gasteiger partial charge in [-0.25, -0.2) is 0 Å². The molecule has 0 aliphatic rings. The van der Waals surface area contributed by atoms with Gasteiger partial charge < -0.3 is 9.88 Å². The summed E-state index contributed by atoms with van der Waals surface area (Å²) in [6.07, 6.45) is 1.96. The topological polar surface area (TPSA) is 40.8 Å². The van der Waals surface area contributed by atoms with E-state index in [1.165, 1.54) is 0 Å². The van der Waals surface area contributed by atoms with E-state index in [1.807, 2.05) is 48.1 Å². The van der Waals surface area contributed by atoms with Gasteiger partial charge in [-0.3, -0.25) is 0 Å². The summed E-state index contributed by atoms with van der Waals surface area (Å²) in [5, 5.41) is 13.1. The molecule has 1 aromatic heterocycles. The van der Waals surface area contributed by atoms with Crippen LogP contribution in [0.5, 0.6) is 0 Å². The summed E-state index contributed by atoms with van der Waals surface area (Å²) < 4.78 is 1.83. The fourth-order valence-electron chi connectivity index (χ4n) is 2.05. The molecule has 0 fully saturated rings. The Hall–Kier alpha value is -1.76. The second-order valence-electron chi connectivity index (χ2n) is 4.58. The predicted octanol–water partition coefficient (Wildman–Crippen LogP) is 3.40. The van der Waals surface area contributed by atoms with Crippen LogP contribution in [0.4, 0.5) is 0 Å². The Morgan fingerprint density at radius 2 is 2.16 bits per heavy atom. The zero-order valence-corrected chi connectivity index (χ0v) is 11.8. The SMILES string of the molecule is C[C@H](NCc1cc(C#N)n(C)c1)c1ccccc1Cl. The molecule has 2 aromatic rings. The third-order valence-corrected chi connectivity index (χ3v) is 3.50. The zero-order valence-electron chi connectivity index (χ0n) is 11.0. The van der Waals surface area contributed by atoms with Crippen molar-refractivity contribution in [2.75, 3.05) is 0 Å². The van der Waals surface area contributed by atoms with Crippen LogP contribution in [0.3, 0.4) is 0 Å². The minimum atomic E-state index is 0.166. The molecule has 0 saturated carbocycles. The number of hydrogen-bond acceptors (Lipinski definition) is 2. The summed E-state index contributed by atoms with van der Waals surface area (Å²) >= 11 is 6.17. The number of nitrogens with one attached hydrogen (secondary N) is 1. The van der Waals surface area contributed by atoms with E-state index in [9.17, 15) is 0 Å². The summed E-state index contributed by atoms with van der Waals surface area (Å²) in [5.41, 5.74) is 2.85. The smallest absolute Gasteiger partial charge is 0.120 e. The molecule has 0 saturated heterocycles. The summed E-state index contributed by atoms with van der Waals surface area (Å²) in [5.74, 6) is 0. The number of nitriles is 1. The lowest BCUT2D eigenvalue weighted by Crippen LogP contribution is -2.18. The quantitative estimate of drug-likeness (QED) is 0.927. The number of hydrogen-bond donors (Lipinski definition) is 1. The van der Waals surface area contributed by atoms with Gasteiger partial charge in [-0.05, 0) is 30.2 Å². The molecule has 0 unspecified atom stereocenters. The minimum absolute atomic E-state index is 0.166. The number of aryl methyl sites for hydroxylation is 1. The Bertz CT molecular complexity index is 610. The Kier molecular flexibility index (Phi) is 4.26. The van der Waals surface area contributed by atoms with Crippen molar-refractivity contribution in [1.29, 1.82) is 5.26 Å². The van der Waals surface area contributed by atoms with Crippen molar-refractivity contribution in [2.45, 2.75) is 19.5 Å². The van der Waals surface area contributed by atoms with Gasteiger partial charge in [-0.15, -0.1) is 0 Å². The van der Waals surface area contributed by atoms with Gasteiger partial charge in [-0.2, -0.15) is 5.26 Å². The first-order valence-electron chi connectivity index (χ1n) is 6.15. The van der Waals surface area contributed by atoms with Gasteiger partial charge >= 0.3 is 0 Å². The van der Waals surface area contributed by atoms with Crippen molar-refractivity contribution in [2.24, 2.45) is 7.05 Å². The molecule has 1 aromatic carbocycles. The molecule has 98 valence electrons. The lowest BCUT2D eigenvalue weighted by atomic mass is 10.1. The van der Waals surface area contributed by atoms with E-state index in [4.69, 9.17) is 16.9 Å². The highest BCUT2D eigenvalue weighted by Crippen LogP contribution is 2.22. The van der Waals surface area contributed by atoms with Gasteiger partial charge in [0.05, 0.1) is 0 Å². The van der Waals surface area contributed by atoms with Crippen LogP contribution in [0.1, 0.15) is 29.8 Å². The normalized spacial score (nSPS) is 12.1. The second-order valence-corrected chi connectivity index (χ2v) is 4.99. The monoisotopic (exact) mass is 273 g/mol. The molecule has 0 radical (unpaired) electrons. The van der Waals surface area contributed by atoms with Gasteiger partial charge in [0.2, 0.25) is 0 Å². The average molecular weight is 274 g/mol. The van der Waals surface area contributed by atoms with E-state index in [2.05, 4.69) is 18.3 Å². The van der Waals surface area contributed by atoms with Crippen LogP contribution in [0.25, 0.3) is 0 Å². The molecule has 0 amide bonds. The van der Waals surface area contributed by atoms with Crippen LogP contribution >= 0.6 is 11.6 Å². The van der Waals surface area contributed by atoms with E-state index in [0.29, 0.717) is 12.2 Å². The Morgan fingerprint density at radius 3 is 2.79 bits per heavy atom. The summed E-state index contributed by atoms with van der Waals surface area (Å²) in [4.78, 5) is 0. The zero-order chi connectivity index (χ0) is 13.8. The maximum atomic E-state index is 8.91. The first-order valence-corrected chi connectivity index (χ1v) is 6.52. The number of halogens is 1. The van der Waals surface area contributed by atoms with Crippen LogP contribution in [0.15, 0.2) is 36.5 Å². The standard InChI is InChI=1S/C15H16ClN3/c1-11(14-5-3-4-6-15(14)16)18-9-12-7-13(8-17)19(2)10-12/h3-7,10-11,18H,9H2,1-2H3/t11-/m0/s1. The number of benzene rings is 1. The molecule has 0 bridgehead atoms. The van der Waals surface area contributed by atoms with Crippen molar-refractivity contribution >= 4 is 11.6 Å². The molecule has 1 atom stereocenters. The second kappa shape index (κ2) is 5.92. The van der Waals surface area contributed by atoms with Crippen molar-refractivity contribution in [3.63, 3.8) is 0 Å². The maximum Gasteiger partial charge on any atom is 0.120 e. The molecule has 3 nitrogen and oxygen atoms in total. The number of aromatic nitrogens is 1. The van der Waals surface area contributed by atoms with Crippen LogP contribution in [0.2, 0.25) is 5.02 Å². The minimum Gasteiger partial charge on any atom is -0.342 e. The van der Waals surface area contributed by atoms with Crippen LogP contribution in [-0.4, -0.2) is 4.57 Å². The molecule has 0 aliphatic carbocycles. The van der Waals surface area contributed by atoms with Crippen LogP contribution < -0.4 is 5.32 Å². The highest BCUT2D eigenvalue weighted by molar-refractivity contribution is 6.31. The third kappa shape index (κ3) is 3.17. The fourth-order valence-corrected chi connectivity index (χ4v) is 2.35. The average Bonchev–Trinajstić information content (AvgIpc) is 2.77. The Balaban J connectivity index is 2.03. The van der Waals surface area contributed by atoms with Crippen LogP contribution in [0, 0.1) is 11.3 Å². The molecular weight excluding hydrogens is 258 g/mol. The molecular formula is C15H16ClN3. The van der Waals surface area contributed by atoms with Gasteiger partial charge in [0.25, 0.3) is 0 Å². The highest BCUT2D eigenvalue weighted by Gasteiger charge is 2.09. The third-order valence-electron chi connectivity index (χ3n) is 3.16. The highest BCUT2D eigenvalue weighted by atomic mass is 35.5. The lowest BCUT2D eigenvalue weighted by molar-refractivity contribution is 0.574. The number of rotatable bonds is 4. The van der Waals surface area contributed by atoms with Gasteiger partial charge in [-0.1, -0.05) is 29.8 Å². The van der Waals surface area contributed by atoms with Crippen LogP contribution in [-0.2, 0) is 13.6 Å². The van der Waals surface area contributed by atoms with E-state index >= 15 is 0 Å². The Morgan fingerprint density at radius 1 is 1.42 bits per heavy atom.